The van der Waals surface area contributed by atoms with Gasteiger partial charge in [0.05, 0.1) is 18.6 Å². The molecule has 36 heavy (non-hydrogen) atoms. The van der Waals surface area contributed by atoms with E-state index in [0.717, 1.165) is 29.2 Å². The van der Waals surface area contributed by atoms with Gasteiger partial charge in [-0.3, -0.25) is 18.4 Å². The number of ether oxygens (including phenoxy) is 1. The number of fused-ring (bicyclic) bond motifs is 1. The Morgan fingerprint density at radius 3 is 2.61 bits per heavy atom. The van der Waals surface area contributed by atoms with Gasteiger partial charge in [0.1, 0.15) is 23.6 Å². The van der Waals surface area contributed by atoms with Crippen LogP contribution in [0.25, 0.3) is 0 Å². The summed E-state index contributed by atoms with van der Waals surface area (Å²) in [5, 5.41) is 31.6. The molecule has 1 aromatic rings. The summed E-state index contributed by atoms with van der Waals surface area (Å²) in [6, 6.07) is 1.36. The molecule has 4 rings (SSSR count). The Kier molecular flexibility index (Phi) is 7.50. The minimum atomic E-state index is -3.92. The van der Waals surface area contributed by atoms with Crippen molar-refractivity contribution in [2.24, 2.45) is 5.41 Å². The maximum atomic E-state index is 13.8. The fourth-order valence-electron chi connectivity index (χ4n) is 4.43. The number of hydrogen-bond acceptors (Lipinski definition) is 12. The first-order valence-corrected chi connectivity index (χ1v) is 14.2. The number of anilines is 1. The number of hydrogen-bond donors (Lipinski definition) is 4. The molecule has 1 aromatic heterocycles. The van der Waals surface area contributed by atoms with Crippen LogP contribution < -0.4 is 11.4 Å². The summed E-state index contributed by atoms with van der Waals surface area (Å²) < 4.78 is 33.7. The Morgan fingerprint density at radius 1 is 1.39 bits per heavy atom. The molecule has 0 bridgehead atoms. The minimum absolute atomic E-state index is 0.00228. The first-order chi connectivity index (χ1) is 16.8. The SMILES string of the molecule is CC(C)(CO)C(=O)SCCOP(=O)(O[C@H]1[C@H]2O[C@@H](n3ccc(N)nc3=O)[C@](C)(O)[C@]21O)N1CCCC1. The second-order valence-electron chi connectivity index (χ2n) is 10.1. The predicted octanol–water partition coefficient (Wildman–Crippen LogP) is 0.103. The molecule has 3 fully saturated rings. The summed E-state index contributed by atoms with van der Waals surface area (Å²) in [6.07, 6.45) is -0.620. The third-order valence-corrected chi connectivity index (χ3v) is 10.2. The number of nitrogens with two attached hydrogens (primary N) is 1. The highest BCUT2D eigenvalue weighted by molar-refractivity contribution is 8.13. The largest absolute Gasteiger partial charge is 0.408 e. The van der Waals surface area contributed by atoms with E-state index in [9.17, 15) is 29.5 Å². The highest BCUT2D eigenvalue weighted by Gasteiger charge is 2.84. The van der Waals surface area contributed by atoms with E-state index < -0.39 is 48.5 Å². The van der Waals surface area contributed by atoms with Crippen LogP contribution in [-0.2, 0) is 23.1 Å². The lowest BCUT2D eigenvalue weighted by Gasteiger charge is -2.34. The van der Waals surface area contributed by atoms with Crippen LogP contribution in [0, 0.1) is 5.41 Å². The summed E-state index contributed by atoms with van der Waals surface area (Å²) in [5.41, 5.74) is -0.0816. The molecular formula is C21H33N4O9PS. The Hall–Kier alpha value is -1.35. The first-order valence-electron chi connectivity index (χ1n) is 11.7. The molecule has 202 valence electrons. The molecule has 0 aromatic carbocycles. The lowest BCUT2D eigenvalue weighted by Crippen LogP contribution is -2.51. The second kappa shape index (κ2) is 9.75. The van der Waals surface area contributed by atoms with Crippen molar-refractivity contribution in [3.63, 3.8) is 0 Å². The number of nitrogens with zero attached hydrogens (tertiary/aromatic N) is 3. The molecule has 2 saturated heterocycles. The van der Waals surface area contributed by atoms with Gasteiger partial charge in [-0.1, -0.05) is 11.8 Å². The third kappa shape index (κ3) is 4.67. The molecule has 2 aliphatic heterocycles. The van der Waals surface area contributed by atoms with E-state index in [-0.39, 0.29) is 29.9 Å². The monoisotopic (exact) mass is 548 g/mol. The van der Waals surface area contributed by atoms with Crippen LogP contribution in [0.4, 0.5) is 5.82 Å². The lowest BCUT2D eigenvalue weighted by molar-refractivity contribution is -0.158. The van der Waals surface area contributed by atoms with Gasteiger partial charge in [0, 0.05) is 25.0 Å². The van der Waals surface area contributed by atoms with Crippen molar-refractivity contribution in [1.29, 1.82) is 0 Å². The fourth-order valence-corrected chi connectivity index (χ4v) is 7.37. The maximum Gasteiger partial charge on any atom is 0.408 e. The third-order valence-electron chi connectivity index (χ3n) is 6.90. The molecule has 6 atom stereocenters. The molecule has 13 nitrogen and oxygen atoms in total. The molecule has 0 amide bonds. The van der Waals surface area contributed by atoms with Crippen molar-refractivity contribution in [3.05, 3.63) is 22.7 Å². The number of aliphatic hydroxyl groups is 3. The smallest absolute Gasteiger partial charge is 0.395 e. The summed E-state index contributed by atoms with van der Waals surface area (Å²) in [5.74, 6) is 0.188. The first kappa shape index (κ1) is 27.7. The van der Waals surface area contributed by atoms with Crippen molar-refractivity contribution >= 4 is 30.4 Å². The van der Waals surface area contributed by atoms with E-state index in [2.05, 4.69) is 4.98 Å². The second-order valence-corrected chi connectivity index (χ2v) is 13.1. The summed E-state index contributed by atoms with van der Waals surface area (Å²) >= 11 is 0.961. The molecule has 1 saturated carbocycles. The zero-order chi connectivity index (χ0) is 26.5. The number of aromatic nitrogens is 2. The van der Waals surface area contributed by atoms with Crippen molar-refractivity contribution in [1.82, 2.24) is 14.2 Å². The van der Waals surface area contributed by atoms with Crippen LogP contribution in [-0.4, -0.2) is 90.1 Å². The maximum absolute atomic E-state index is 13.8. The number of carbonyl (C=O) groups excluding carboxylic acids is 1. The van der Waals surface area contributed by atoms with Gasteiger partial charge in [0.15, 0.2) is 16.9 Å². The van der Waals surface area contributed by atoms with Crippen LogP contribution >= 0.6 is 19.5 Å². The summed E-state index contributed by atoms with van der Waals surface area (Å²) in [7, 11) is -3.92. The van der Waals surface area contributed by atoms with E-state index in [0.29, 0.717) is 13.1 Å². The summed E-state index contributed by atoms with van der Waals surface area (Å²) in [6.45, 7) is 5.11. The number of nitrogen functional groups attached to an aromatic ring is 1. The van der Waals surface area contributed by atoms with Gasteiger partial charge in [-0.2, -0.15) is 4.98 Å². The molecule has 3 heterocycles. The van der Waals surface area contributed by atoms with Crippen LogP contribution in [0.5, 0.6) is 0 Å². The standard InChI is InChI=1S/C21H33N4O9PS/c1-19(2,12-26)17(27)36-11-10-32-35(31,24-7-4-5-8-24)34-15-14-21(15,30)20(3,29)16(33-14)25-9-6-13(22)23-18(25)28/h6,9,14-16,26,29-30H,4-5,7-8,10-12H2,1-3H3,(H2,22,23,28)/t14-,15+,16-,20+,21+,35?/m1/s1. The minimum Gasteiger partial charge on any atom is -0.395 e. The van der Waals surface area contributed by atoms with Gasteiger partial charge >= 0.3 is 13.4 Å². The van der Waals surface area contributed by atoms with Gasteiger partial charge in [-0.15, -0.1) is 0 Å². The molecule has 0 spiro atoms. The van der Waals surface area contributed by atoms with Crippen molar-refractivity contribution in [2.45, 2.75) is 63.3 Å². The van der Waals surface area contributed by atoms with Gasteiger partial charge in [-0.25, -0.2) is 14.0 Å². The molecule has 15 heteroatoms. The quantitative estimate of drug-likeness (QED) is 0.228. The van der Waals surface area contributed by atoms with E-state index in [4.69, 9.17) is 19.5 Å². The van der Waals surface area contributed by atoms with Crippen LogP contribution in [0.3, 0.4) is 0 Å². The lowest BCUT2D eigenvalue weighted by atomic mass is 9.95. The number of aliphatic hydroxyl groups excluding tert-OH is 1. The number of thioether (sulfide) groups is 1. The number of carbonyl (C=O) groups is 1. The molecular weight excluding hydrogens is 515 g/mol. The summed E-state index contributed by atoms with van der Waals surface area (Å²) in [4.78, 5) is 28.1. The van der Waals surface area contributed by atoms with Gasteiger partial charge in [0.2, 0.25) is 0 Å². The van der Waals surface area contributed by atoms with Crippen molar-refractivity contribution in [2.75, 3.05) is 37.8 Å². The fraction of sp³-hybridized carbons (Fsp3) is 0.762. The van der Waals surface area contributed by atoms with Gasteiger partial charge < -0.3 is 25.8 Å². The number of rotatable bonds is 10. The molecule has 1 unspecified atom stereocenters. The van der Waals surface area contributed by atoms with Crippen LogP contribution in [0.15, 0.2) is 17.1 Å². The predicted molar refractivity (Wildman–Crippen MR) is 130 cm³/mol. The molecule has 5 N–H and O–H groups in total. The Labute approximate surface area is 212 Å². The average molecular weight is 549 g/mol. The van der Waals surface area contributed by atoms with E-state index >= 15 is 0 Å². The molecule has 3 aliphatic rings. The van der Waals surface area contributed by atoms with E-state index in [1.165, 1.54) is 19.2 Å². The van der Waals surface area contributed by atoms with Crippen LogP contribution in [0.1, 0.15) is 39.8 Å². The van der Waals surface area contributed by atoms with Gasteiger partial charge in [0.25, 0.3) is 0 Å². The van der Waals surface area contributed by atoms with Crippen molar-refractivity contribution in [3.8, 4) is 0 Å². The zero-order valence-corrected chi connectivity index (χ0v) is 22.1. The highest BCUT2D eigenvalue weighted by Crippen LogP contribution is 2.66. The zero-order valence-electron chi connectivity index (χ0n) is 20.4. The Bertz CT molecular complexity index is 1110. The van der Waals surface area contributed by atoms with Gasteiger partial charge in [-0.05, 0) is 39.7 Å². The van der Waals surface area contributed by atoms with Crippen LogP contribution in [0.2, 0.25) is 0 Å². The normalized spacial score (nSPS) is 33.9. The Morgan fingerprint density at radius 2 is 2.06 bits per heavy atom. The Balaban J connectivity index is 1.45. The highest BCUT2D eigenvalue weighted by atomic mass is 32.2. The molecule has 1 aliphatic carbocycles. The van der Waals surface area contributed by atoms with E-state index in [1.807, 2.05) is 0 Å². The van der Waals surface area contributed by atoms with Crippen molar-refractivity contribution < 1.29 is 38.5 Å². The average Bonchev–Trinajstić information content (AvgIpc) is 3.16. The molecule has 0 radical (unpaired) electrons. The van der Waals surface area contributed by atoms with E-state index in [1.54, 1.807) is 18.5 Å². The topological polar surface area (TPSA) is 187 Å².